The Balaban J connectivity index is 1.47. The molecule has 3 aromatic carbocycles. The standard InChI is InChI=1S/C26H25ClFN5O2/c27-22-14-20(8-10-24(22)35-15-17-4-3-5-18(28)12-17)33-26-21-13-19(7-9-23(21)30-16-31-26)32-25(34)6-1-2-11-29/h3-5,7-10,12-14,16H,1-2,6,11,15,29H2,(H,32,34)(H,30,31,33). The first-order valence-electron chi connectivity index (χ1n) is 11.2. The Kier molecular flexibility index (Phi) is 8.07. The minimum atomic E-state index is -0.317. The minimum absolute atomic E-state index is 0.0650. The van der Waals surface area contributed by atoms with Gasteiger partial charge in [0.2, 0.25) is 5.91 Å². The van der Waals surface area contributed by atoms with Gasteiger partial charge < -0.3 is 21.1 Å². The van der Waals surface area contributed by atoms with Crippen molar-refractivity contribution in [1.82, 2.24) is 9.97 Å². The zero-order valence-electron chi connectivity index (χ0n) is 18.9. The molecular weight excluding hydrogens is 469 g/mol. The lowest BCUT2D eigenvalue weighted by molar-refractivity contribution is -0.116. The third-order valence-electron chi connectivity index (χ3n) is 5.26. The lowest BCUT2D eigenvalue weighted by Gasteiger charge is -2.13. The molecule has 0 unspecified atom stereocenters. The van der Waals surface area contributed by atoms with Gasteiger partial charge in [0.05, 0.1) is 10.5 Å². The number of carbonyl (C=O) groups excluding carboxylic acids is 1. The van der Waals surface area contributed by atoms with E-state index in [2.05, 4.69) is 20.6 Å². The van der Waals surface area contributed by atoms with Crippen LogP contribution in [0.15, 0.2) is 67.0 Å². The Labute approximate surface area is 207 Å². The summed E-state index contributed by atoms with van der Waals surface area (Å²) >= 11 is 6.42. The van der Waals surface area contributed by atoms with Crippen molar-refractivity contribution >= 4 is 45.6 Å². The van der Waals surface area contributed by atoms with E-state index in [0.717, 1.165) is 23.7 Å². The SMILES string of the molecule is NCCCCC(=O)Nc1ccc2ncnc(Nc3ccc(OCc4cccc(F)c4)c(Cl)c3)c2c1. The zero-order valence-corrected chi connectivity index (χ0v) is 19.7. The molecule has 0 atom stereocenters. The molecule has 0 aliphatic carbocycles. The van der Waals surface area contributed by atoms with Crippen LogP contribution in [0.1, 0.15) is 24.8 Å². The Hall–Kier alpha value is -3.75. The van der Waals surface area contributed by atoms with Crippen molar-refractivity contribution in [3.63, 3.8) is 0 Å². The fraction of sp³-hybridized carbons (Fsp3) is 0.192. The van der Waals surface area contributed by atoms with E-state index in [1.165, 1.54) is 18.5 Å². The quantitative estimate of drug-likeness (QED) is 0.241. The first-order valence-corrected chi connectivity index (χ1v) is 11.6. The molecule has 0 bridgehead atoms. The molecule has 1 heterocycles. The number of benzene rings is 3. The summed E-state index contributed by atoms with van der Waals surface area (Å²) in [5.74, 6) is 0.667. The Morgan fingerprint density at radius 3 is 2.69 bits per heavy atom. The number of amides is 1. The molecule has 0 saturated heterocycles. The Bertz CT molecular complexity index is 1330. The molecule has 0 aliphatic heterocycles. The molecule has 0 saturated carbocycles. The summed E-state index contributed by atoms with van der Waals surface area (Å²) < 4.78 is 19.1. The molecule has 1 amide bonds. The predicted molar refractivity (Wildman–Crippen MR) is 137 cm³/mol. The number of nitrogens with one attached hydrogen (secondary N) is 2. The number of nitrogens with zero attached hydrogens (tertiary/aromatic N) is 2. The van der Waals surface area contributed by atoms with Gasteiger partial charge in [0.15, 0.2) is 0 Å². The van der Waals surface area contributed by atoms with E-state index in [-0.39, 0.29) is 18.3 Å². The number of fused-ring (bicyclic) bond motifs is 1. The number of ether oxygens (including phenoxy) is 1. The Morgan fingerprint density at radius 2 is 1.89 bits per heavy atom. The number of anilines is 3. The number of rotatable bonds is 10. The monoisotopic (exact) mass is 493 g/mol. The van der Waals surface area contributed by atoms with Crippen LogP contribution >= 0.6 is 11.6 Å². The first kappa shape index (κ1) is 24.4. The van der Waals surface area contributed by atoms with Gasteiger partial charge >= 0.3 is 0 Å². The summed E-state index contributed by atoms with van der Waals surface area (Å²) in [5, 5.41) is 7.30. The van der Waals surface area contributed by atoms with Crippen LogP contribution in [0.5, 0.6) is 5.75 Å². The van der Waals surface area contributed by atoms with Crippen LogP contribution in [-0.2, 0) is 11.4 Å². The molecule has 7 nitrogen and oxygen atoms in total. The molecule has 0 aliphatic rings. The molecule has 4 N–H and O–H groups in total. The van der Waals surface area contributed by atoms with Crippen LogP contribution in [0, 0.1) is 5.82 Å². The minimum Gasteiger partial charge on any atom is -0.487 e. The highest BCUT2D eigenvalue weighted by atomic mass is 35.5. The number of hydrogen-bond donors (Lipinski definition) is 3. The maximum atomic E-state index is 13.4. The van der Waals surface area contributed by atoms with Crippen LogP contribution in [0.2, 0.25) is 5.02 Å². The van der Waals surface area contributed by atoms with Crippen molar-refractivity contribution < 1.29 is 13.9 Å². The molecule has 0 fully saturated rings. The predicted octanol–water partition coefficient (Wildman–Crippen LogP) is 5.81. The van der Waals surface area contributed by atoms with Gasteiger partial charge in [0.25, 0.3) is 0 Å². The fourth-order valence-electron chi connectivity index (χ4n) is 3.51. The summed E-state index contributed by atoms with van der Waals surface area (Å²) in [6.45, 7) is 0.765. The molecular formula is C26H25ClFN5O2. The van der Waals surface area contributed by atoms with Crippen molar-refractivity contribution in [3.8, 4) is 5.75 Å². The Morgan fingerprint density at radius 1 is 1.03 bits per heavy atom. The van der Waals surface area contributed by atoms with Gasteiger partial charge in [-0.1, -0.05) is 23.7 Å². The van der Waals surface area contributed by atoms with E-state index in [1.54, 1.807) is 24.3 Å². The van der Waals surface area contributed by atoms with E-state index >= 15 is 0 Å². The van der Waals surface area contributed by atoms with Gasteiger partial charge in [-0.05, 0) is 73.5 Å². The lowest BCUT2D eigenvalue weighted by Crippen LogP contribution is -2.12. The summed E-state index contributed by atoms with van der Waals surface area (Å²) in [6.07, 6.45) is 3.43. The summed E-state index contributed by atoms with van der Waals surface area (Å²) in [5.41, 5.74) is 8.28. The topological polar surface area (TPSA) is 102 Å². The van der Waals surface area contributed by atoms with Crippen molar-refractivity contribution in [2.75, 3.05) is 17.2 Å². The van der Waals surface area contributed by atoms with Crippen molar-refractivity contribution in [2.24, 2.45) is 5.73 Å². The van der Waals surface area contributed by atoms with Crippen LogP contribution in [0.4, 0.5) is 21.6 Å². The molecule has 4 aromatic rings. The largest absolute Gasteiger partial charge is 0.487 e. The van der Waals surface area contributed by atoms with Gasteiger partial charge in [-0.15, -0.1) is 0 Å². The van der Waals surface area contributed by atoms with Gasteiger partial charge in [0, 0.05) is 23.2 Å². The maximum Gasteiger partial charge on any atom is 0.224 e. The van der Waals surface area contributed by atoms with Crippen molar-refractivity contribution in [3.05, 3.63) is 83.4 Å². The molecule has 1 aromatic heterocycles. The second-order valence-corrected chi connectivity index (χ2v) is 8.34. The smallest absolute Gasteiger partial charge is 0.224 e. The van der Waals surface area contributed by atoms with Gasteiger partial charge in [-0.25, -0.2) is 14.4 Å². The van der Waals surface area contributed by atoms with Crippen molar-refractivity contribution in [2.45, 2.75) is 25.9 Å². The number of carbonyl (C=O) groups is 1. The van der Waals surface area contributed by atoms with Crippen LogP contribution in [0.3, 0.4) is 0 Å². The van der Waals surface area contributed by atoms with E-state index in [0.29, 0.717) is 46.5 Å². The number of unbranched alkanes of at least 4 members (excludes halogenated alkanes) is 1. The number of aromatic nitrogens is 2. The average molecular weight is 494 g/mol. The van der Waals surface area contributed by atoms with Crippen LogP contribution in [0.25, 0.3) is 10.9 Å². The summed E-state index contributed by atoms with van der Waals surface area (Å²) in [7, 11) is 0. The molecule has 35 heavy (non-hydrogen) atoms. The lowest BCUT2D eigenvalue weighted by atomic mass is 10.2. The molecule has 180 valence electrons. The third-order valence-corrected chi connectivity index (χ3v) is 5.55. The van der Waals surface area contributed by atoms with E-state index < -0.39 is 0 Å². The maximum absolute atomic E-state index is 13.4. The van der Waals surface area contributed by atoms with E-state index in [9.17, 15) is 9.18 Å². The number of halogens is 2. The highest BCUT2D eigenvalue weighted by Gasteiger charge is 2.10. The second kappa shape index (κ2) is 11.6. The summed E-state index contributed by atoms with van der Waals surface area (Å²) in [6, 6.07) is 16.9. The van der Waals surface area contributed by atoms with E-state index in [1.807, 2.05) is 24.3 Å². The second-order valence-electron chi connectivity index (χ2n) is 7.94. The molecule has 9 heteroatoms. The highest BCUT2D eigenvalue weighted by molar-refractivity contribution is 6.32. The van der Waals surface area contributed by atoms with E-state index in [4.69, 9.17) is 22.1 Å². The third kappa shape index (κ3) is 6.65. The average Bonchev–Trinajstić information content (AvgIpc) is 2.84. The van der Waals surface area contributed by atoms with Crippen LogP contribution in [-0.4, -0.2) is 22.4 Å². The van der Waals surface area contributed by atoms with Gasteiger partial charge in [-0.3, -0.25) is 4.79 Å². The summed E-state index contributed by atoms with van der Waals surface area (Å²) in [4.78, 5) is 20.9. The highest BCUT2D eigenvalue weighted by Crippen LogP contribution is 2.31. The van der Waals surface area contributed by atoms with Gasteiger partial charge in [0.1, 0.15) is 30.3 Å². The molecule has 0 radical (unpaired) electrons. The van der Waals surface area contributed by atoms with Crippen LogP contribution < -0.4 is 21.1 Å². The molecule has 0 spiro atoms. The first-order chi connectivity index (χ1) is 17.0. The van der Waals surface area contributed by atoms with Gasteiger partial charge in [-0.2, -0.15) is 0 Å². The molecule has 4 rings (SSSR count). The normalized spacial score (nSPS) is 10.8. The fourth-order valence-corrected chi connectivity index (χ4v) is 3.74. The zero-order chi connectivity index (χ0) is 24.6. The number of hydrogen-bond acceptors (Lipinski definition) is 6. The van der Waals surface area contributed by atoms with Crippen molar-refractivity contribution in [1.29, 1.82) is 0 Å². The number of nitrogens with two attached hydrogens (primary N) is 1.